The number of rotatable bonds is 6. The number of aryl methyl sites for hydroxylation is 1. The predicted octanol–water partition coefficient (Wildman–Crippen LogP) is 2.03. The van der Waals surface area contributed by atoms with Crippen LogP contribution in [0.2, 0.25) is 0 Å². The summed E-state index contributed by atoms with van der Waals surface area (Å²) < 4.78 is 5.35. The van der Waals surface area contributed by atoms with Gasteiger partial charge in [-0.3, -0.25) is 0 Å². The molecule has 1 atom stereocenters. The molecule has 2 rings (SSSR count). The zero-order valence-electron chi connectivity index (χ0n) is 10.9. The van der Waals surface area contributed by atoms with Crippen molar-refractivity contribution in [3.63, 3.8) is 0 Å². The van der Waals surface area contributed by atoms with Gasteiger partial charge in [-0.15, -0.1) is 0 Å². The quantitative estimate of drug-likeness (QED) is 0.820. The average Bonchev–Trinajstić information content (AvgIpc) is 2.71. The lowest BCUT2D eigenvalue weighted by Gasteiger charge is -2.01. The van der Waals surface area contributed by atoms with Crippen LogP contribution in [0.3, 0.4) is 0 Å². The number of nitrogens with one attached hydrogen (secondary N) is 1. The number of H-pyrrole nitrogens is 1. The van der Waals surface area contributed by atoms with E-state index in [0.29, 0.717) is 12.5 Å². The van der Waals surface area contributed by atoms with Gasteiger partial charge in [-0.2, -0.15) is 4.98 Å². The van der Waals surface area contributed by atoms with Crippen molar-refractivity contribution < 1.29 is 4.74 Å². The maximum absolute atomic E-state index is 5.73. The van der Waals surface area contributed by atoms with Gasteiger partial charge in [-0.1, -0.05) is 0 Å². The maximum Gasteiger partial charge on any atom is 0.215 e. The van der Waals surface area contributed by atoms with E-state index in [2.05, 4.69) is 15.0 Å². The van der Waals surface area contributed by atoms with Crippen molar-refractivity contribution in [2.45, 2.75) is 39.2 Å². The monoisotopic (exact) mass is 248 g/mol. The minimum atomic E-state index is 0.247. The molecule has 0 amide bonds. The van der Waals surface area contributed by atoms with E-state index in [9.17, 15) is 0 Å². The second-order valence-electron chi connectivity index (χ2n) is 4.51. The van der Waals surface area contributed by atoms with Crippen molar-refractivity contribution in [2.24, 2.45) is 5.73 Å². The Bertz CT molecular complexity index is 507. The van der Waals surface area contributed by atoms with E-state index in [1.165, 1.54) is 0 Å². The van der Waals surface area contributed by atoms with Gasteiger partial charge in [-0.05, 0) is 32.8 Å². The molecule has 0 bridgehead atoms. The molecule has 1 unspecified atom stereocenters. The zero-order valence-corrected chi connectivity index (χ0v) is 10.9. The van der Waals surface area contributed by atoms with E-state index in [1.807, 2.05) is 26.0 Å². The highest BCUT2D eigenvalue weighted by Crippen LogP contribution is 2.15. The SMILES string of the molecule is CCOc1ccc2[nH]c(CCCC(C)N)nc2n1. The topological polar surface area (TPSA) is 76.8 Å². The largest absolute Gasteiger partial charge is 0.478 e. The summed E-state index contributed by atoms with van der Waals surface area (Å²) in [5, 5.41) is 0. The van der Waals surface area contributed by atoms with E-state index in [0.717, 1.165) is 36.3 Å². The van der Waals surface area contributed by atoms with E-state index in [-0.39, 0.29) is 6.04 Å². The number of hydrogen-bond acceptors (Lipinski definition) is 4. The zero-order chi connectivity index (χ0) is 13.0. The number of ether oxygens (including phenoxy) is 1. The fourth-order valence-electron chi connectivity index (χ4n) is 1.86. The van der Waals surface area contributed by atoms with Crippen molar-refractivity contribution in [2.75, 3.05) is 6.61 Å². The van der Waals surface area contributed by atoms with Gasteiger partial charge in [0.25, 0.3) is 0 Å². The molecule has 0 saturated carbocycles. The maximum atomic E-state index is 5.73. The van der Waals surface area contributed by atoms with Crippen LogP contribution in [0.25, 0.3) is 11.2 Å². The summed E-state index contributed by atoms with van der Waals surface area (Å²) in [5.41, 5.74) is 7.40. The summed E-state index contributed by atoms with van der Waals surface area (Å²) >= 11 is 0. The highest BCUT2D eigenvalue weighted by atomic mass is 16.5. The Morgan fingerprint density at radius 1 is 1.39 bits per heavy atom. The number of nitrogens with two attached hydrogens (primary N) is 1. The molecule has 0 aliphatic heterocycles. The highest BCUT2D eigenvalue weighted by Gasteiger charge is 2.06. The molecule has 2 heterocycles. The van der Waals surface area contributed by atoms with Crippen LogP contribution in [0.4, 0.5) is 0 Å². The third-order valence-corrected chi connectivity index (χ3v) is 2.73. The van der Waals surface area contributed by atoms with Gasteiger partial charge >= 0.3 is 0 Å². The Labute approximate surface area is 107 Å². The van der Waals surface area contributed by atoms with E-state index in [4.69, 9.17) is 10.5 Å². The first kappa shape index (κ1) is 12.8. The molecule has 0 saturated heterocycles. The highest BCUT2D eigenvalue weighted by molar-refractivity contribution is 5.71. The minimum Gasteiger partial charge on any atom is -0.478 e. The lowest BCUT2D eigenvalue weighted by Crippen LogP contribution is -2.14. The van der Waals surface area contributed by atoms with Crippen molar-refractivity contribution in [3.05, 3.63) is 18.0 Å². The molecule has 0 fully saturated rings. The number of imidazole rings is 1. The number of nitrogens with zero attached hydrogens (tertiary/aromatic N) is 2. The molecule has 98 valence electrons. The molecule has 0 radical (unpaired) electrons. The average molecular weight is 248 g/mol. The molecular formula is C13H20N4O. The lowest BCUT2D eigenvalue weighted by molar-refractivity contribution is 0.328. The second kappa shape index (κ2) is 5.82. The molecular weight excluding hydrogens is 228 g/mol. The fraction of sp³-hybridized carbons (Fsp3) is 0.538. The fourth-order valence-corrected chi connectivity index (χ4v) is 1.86. The third kappa shape index (κ3) is 3.20. The first-order valence-electron chi connectivity index (χ1n) is 6.43. The van der Waals surface area contributed by atoms with Gasteiger partial charge in [0.1, 0.15) is 5.82 Å². The minimum absolute atomic E-state index is 0.247. The van der Waals surface area contributed by atoms with Crippen LogP contribution >= 0.6 is 0 Å². The van der Waals surface area contributed by atoms with Gasteiger partial charge in [0.2, 0.25) is 5.88 Å². The van der Waals surface area contributed by atoms with E-state index >= 15 is 0 Å². The molecule has 0 aliphatic rings. The molecule has 0 spiro atoms. The second-order valence-corrected chi connectivity index (χ2v) is 4.51. The first-order chi connectivity index (χ1) is 8.69. The molecule has 2 aromatic heterocycles. The Hall–Kier alpha value is -1.62. The molecule has 0 aromatic carbocycles. The summed E-state index contributed by atoms with van der Waals surface area (Å²) in [6.45, 7) is 4.58. The normalized spacial score (nSPS) is 12.8. The number of aromatic nitrogens is 3. The van der Waals surface area contributed by atoms with E-state index < -0.39 is 0 Å². The van der Waals surface area contributed by atoms with Crippen LogP contribution < -0.4 is 10.5 Å². The van der Waals surface area contributed by atoms with Crippen LogP contribution in [0, 0.1) is 0 Å². The Balaban J connectivity index is 2.07. The summed E-state index contributed by atoms with van der Waals surface area (Å²) in [6, 6.07) is 4.06. The molecule has 5 nitrogen and oxygen atoms in total. The summed E-state index contributed by atoms with van der Waals surface area (Å²) in [5.74, 6) is 1.59. The number of fused-ring (bicyclic) bond motifs is 1. The van der Waals surface area contributed by atoms with Crippen molar-refractivity contribution in [3.8, 4) is 5.88 Å². The Kier molecular flexibility index (Phi) is 4.15. The van der Waals surface area contributed by atoms with Crippen molar-refractivity contribution in [1.82, 2.24) is 15.0 Å². The third-order valence-electron chi connectivity index (χ3n) is 2.73. The van der Waals surface area contributed by atoms with Gasteiger partial charge in [0.15, 0.2) is 5.65 Å². The van der Waals surface area contributed by atoms with Crippen LogP contribution in [0.15, 0.2) is 12.1 Å². The van der Waals surface area contributed by atoms with E-state index in [1.54, 1.807) is 0 Å². The van der Waals surface area contributed by atoms with Gasteiger partial charge in [0, 0.05) is 18.5 Å². The molecule has 3 N–H and O–H groups in total. The van der Waals surface area contributed by atoms with Crippen LogP contribution in [-0.2, 0) is 6.42 Å². The van der Waals surface area contributed by atoms with Crippen LogP contribution in [0.1, 0.15) is 32.5 Å². The Morgan fingerprint density at radius 3 is 2.94 bits per heavy atom. The summed E-state index contributed by atoms with van der Waals surface area (Å²) in [7, 11) is 0. The summed E-state index contributed by atoms with van der Waals surface area (Å²) in [6.07, 6.45) is 2.95. The standard InChI is InChI=1S/C13H20N4O/c1-3-18-12-8-7-10-13(17-12)16-11(15-10)6-4-5-9(2)14/h7-9H,3-6,14H2,1-2H3,(H,15,16,17). The van der Waals surface area contributed by atoms with Gasteiger partial charge < -0.3 is 15.5 Å². The summed E-state index contributed by atoms with van der Waals surface area (Å²) in [4.78, 5) is 12.1. The van der Waals surface area contributed by atoms with Crippen molar-refractivity contribution >= 4 is 11.2 Å². The lowest BCUT2D eigenvalue weighted by atomic mass is 10.1. The predicted molar refractivity (Wildman–Crippen MR) is 71.6 cm³/mol. The van der Waals surface area contributed by atoms with Crippen LogP contribution in [-0.4, -0.2) is 27.6 Å². The molecule has 5 heteroatoms. The van der Waals surface area contributed by atoms with Gasteiger partial charge in [0.05, 0.1) is 12.1 Å². The molecule has 0 aliphatic carbocycles. The number of aromatic amines is 1. The number of hydrogen-bond donors (Lipinski definition) is 2. The smallest absolute Gasteiger partial charge is 0.215 e. The van der Waals surface area contributed by atoms with Gasteiger partial charge in [-0.25, -0.2) is 4.98 Å². The Morgan fingerprint density at radius 2 is 2.22 bits per heavy atom. The molecule has 2 aromatic rings. The van der Waals surface area contributed by atoms with Crippen molar-refractivity contribution in [1.29, 1.82) is 0 Å². The molecule has 18 heavy (non-hydrogen) atoms. The van der Waals surface area contributed by atoms with Crippen LogP contribution in [0.5, 0.6) is 5.88 Å². The number of pyridine rings is 1. The first-order valence-corrected chi connectivity index (χ1v) is 6.43.